The number of rotatable bonds is 7. The van der Waals surface area contributed by atoms with Crippen molar-refractivity contribution in [3.05, 3.63) is 82.9 Å². The van der Waals surface area contributed by atoms with E-state index in [0.29, 0.717) is 5.56 Å². The summed E-state index contributed by atoms with van der Waals surface area (Å²) in [6.45, 7) is 11.5. The van der Waals surface area contributed by atoms with Gasteiger partial charge in [-0.1, -0.05) is 30.3 Å². The van der Waals surface area contributed by atoms with Gasteiger partial charge in [0, 0.05) is 43.0 Å². The third-order valence-corrected chi connectivity index (χ3v) is 7.29. The third-order valence-electron chi connectivity index (χ3n) is 7.29. The average Bonchev–Trinajstić information content (AvgIpc) is 2.88. The Morgan fingerprint density at radius 2 is 1.76 bits per heavy atom. The molecule has 0 spiro atoms. The first-order valence-electron chi connectivity index (χ1n) is 12.9. The van der Waals surface area contributed by atoms with Crippen LogP contribution in [0.1, 0.15) is 53.9 Å². The molecule has 0 aromatic heterocycles. The molecule has 6 nitrogen and oxygen atoms in total. The predicted molar refractivity (Wildman–Crippen MR) is 150 cm³/mol. The quantitative estimate of drug-likeness (QED) is 0.469. The number of amides is 1. The Morgan fingerprint density at radius 1 is 1.03 bits per heavy atom. The van der Waals surface area contributed by atoms with Crippen LogP contribution in [0.4, 0.5) is 5.69 Å². The molecule has 6 heteroatoms. The Hall–Kier alpha value is -3.35. The standard InChI is InChI=1S/C31H39N3O3/c1-21-10-12-26(34-16-14-33(5)15-17-34)20-27(21)30(35)32-22(2)23-11-13-29(37-6)28(19-23)24-8-7-9-25(18-24)31(3,4)36/h7-13,18-20,22,36H,14-17H2,1-6H3,(H,32,35)/t22-/m1/s1. The van der Waals surface area contributed by atoms with Crippen molar-refractivity contribution >= 4 is 11.6 Å². The van der Waals surface area contributed by atoms with Gasteiger partial charge in [-0.15, -0.1) is 0 Å². The number of aliphatic hydroxyl groups is 1. The van der Waals surface area contributed by atoms with E-state index in [0.717, 1.165) is 65.4 Å². The molecular formula is C31H39N3O3. The highest BCUT2D eigenvalue weighted by Gasteiger charge is 2.20. The van der Waals surface area contributed by atoms with Crippen LogP contribution >= 0.6 is 0 Å². The predicted octanol–water partition coefficient (Wildman–Crippen LogP) is 5.14. The summed E-state index contributed by atoms with van der Waals surface area (Å²) in [6, 6.07) is 19.8. The maximum atomic E-state index is 13.4. The first-order chi connectivity index (χ1) is 17.6. The zero-order valence-electron chi connectivity index (χ0n) is 22.8. The number of aryl methyl sites for hydroxylation is 1. The monoisotopic (exact) mass is 501 g/mol. The summed E-state index contributed by atoms with van der Waals surface area (Å²) in [5.74, 6) is 0.660. The second-order valence-electron chi connectivity index (χ2n) is 10.6. The molecule has 1 saturated heterocycles. The topological polar surface area (TPSA) is 65.0 Å². The molecule has 0 aliphatic carbocycles. The normalized spacial score (nSPS) is 15.4. The van der Waals surface area contributed by atoms with E-state index in [2.05, 4.69) is 34.3 Å². The number of anilines is 1. The van der Waals surface area contributed by atoms with Crippen molar-refractivity contribution in [2.24, 2.45) is 0 Å². The van der Waals surface area contributed by atoms with Crippen molar-refractivity contribution in [1.82, 2.24) is 10.2 Å². The van der Waals surface area contributed by atoms with Gasteiger partial charge in [-0.25, -0.2) is 0 Å². The molecule has 1 aliphatic rings. The van der Waals surface area contributed by atoms with Crippen molar-refractivity contribution in [2.45, 2.75) is 39.3 Å². The molecule has 0 saturated carbocycles. The highest BCUT2D eigenvalue weighted by Crippen LogP contribution is 2.35. The summed E-state index contributed by atoms with van der Waals surface area (Å²) >= 11 is 0. The molecule has 196 valence electrons. The summed E-state index contributed by atoms with van der Waals surface area (Å²) in [5.41, 5.74) is 5.48. The Balaban J connectivity index is 1.57. The van der Waals surface area contributed by atoms with Crippen LogP contribution in [0.5, 0.6) is 5.75 Å². The van der Waals surface area contributed by atoms with E-state index in [1.54, 1.807) is 21.0 Å². The molecule has 3 aromatic carbocycles. The number of carbonyl (C=O) groups excluding carboxylic acids is 1. The Bertz CT molecular complexity index is 1260. The fourth-order valence-corrected chi connectivity index (χ4v) is 4.76. The summed E-state index contributed by atoms with van der Waals surface area (Å²) in [6.07, 6.45) is 0. The molecule has 37 heavy (non-hydrogen) atoms. The second-order valence-corrected chi connectivity index (χ2v) is 10.6. The van der Waals surface area contributed by atoms with Crippen molar-refractivity contribution in [2.75, 3.05) is 45.2 Å². The Morgan fingerprint density at radius 3 is 2.43 bits per heavy atom. The Kier molecular flexibility index (Phi) is 7.90. The van der Waals surface area contributed by atoms with E-state index < -0.39 is 5.60 Å². The zero-order chi connectivity index (χ0) is 26.7. The molecule has 0 radical (unpaired) electrons. The van der Waals surface area contributed by atoms with Crippen LogP contribution in [0.15, 0.2) is 60.7 Å². The number of ether oxygens (including phenoxy) is 1. The molecule has 3 aromatic rings. The van der Waals surface area contributed by atoms with E-state index in [9.17, 15) is 9.90 Å². The molecule has 4 rings (SSSR count). The minimum atomic E-state index is -0.946. The third kappa shape index (κ3) is 6.14. The van der Waals surface area contributed by atoms with E-state index >= 15 is 0 Å². The molecule has 2 N–H and O–H groups in total. The van der Waals surface area contributed by atoms with Crippen LogP contribution in [0.25, 0.3) is 11.1 Å². The molecule has 1 fully saturated rings. The van der Waals surface area contributed by atoms with Gasteiger partial charge in [0.25, 0.3) is 5.91 Å². The van der Waals surface area contributed by atoms with Crippen LogP contribution in [-0.2, 0) is 5.60 Å². The summed E-state index contributed by atoms with van der Waals surface area (Å²) < 4.78 is 5.65. The summed E-state index contributed by atoms with van der Waals surface area (Å²) in [5, 5.41) is 13.7. The van der Waals surface area contributed by atoms with E-state index in [1.165, 1.54) is 0 Å². The van der Waals surface area contributed by atoms with Crippen molar-refractivity contribution in [3.8, 4) is 16.9 Å². The van der Waals surface area contributed by atoms with Gasteiger partial charge in [0.05, 0.1) is 18.8 Å². The van der Waals surface area contributed by atoms with Gasteiger partial charge in [-0.2, -0.15) is 0 Å². The SMILES string of the molecule is COc1ccc([C@@H](C)NC(=O)c2cc(N3CCN(C)CC3)ccc2C)cc1-c1cccc(C(C)(C)O)c1. The lowest BCUT2D eigenvalue weighted by atomic mass is 9.92. The molecule has 1 amide bonds. The largest absolute Gasteiger partial charge is 0.496 e. The van der Waals surface area contributed by atoms with Gasteiger partial charge in [0.1, 0.15) is 5.75 Å². The summed E-state index contributed by atoms with van der Waals surface area (Å²) in [4.78, 5) is 18.0. The fourth-order valence-electron chi connectivity index (χ4n) is 4.76. The number of hydrogen-bond donors (Lipinski definition) is 2. The van der Waals surface area contributed by atoms with Crippen molar-refractivity contribution in [1.29, 1.82) is 0 Å². The van der Waals surface area contributed by atoms with Crippen LogP contribution in [0, 0.1) is 6.92 Å². The van der Waals surface area contributed by atoms with Crippen LogP contribution in [-0.4, -0.2) is 56.3 Å². The zero-order valence-corrected chi connectivity index (χ0v) is 22.8. The lowest BCUT2D eigenvalue weighted by molar-refractivity contribution is 0.0786. The van der Waals surface area contributed by atoms with Gasteiger partial charge in [0.2, 0.25) is 0 Å². The van der Waals surface area contributed by atoms with E-state index in [1.807, 2.05) is 62.4 Å². The molecule has 0 bridgehead atoms. The first-order valence-corrected chi connectivity index (χ1v) is 12.9. The van der Waals surface area contributed by atoms with E-state index in [-0.39, 0.29) is 11.9 Å². The molecule has 1 atom stereocenters. The van der Waals surface area contributed by atoms with Gasteiger partial charge < -0.3 is 25.0 Å². The van der Waals surface area contributed by atoms with Gasteiger partial charge >= 0.3 is 0 Å². The number of carbonyl (C=O) groups is 1. The first kappa shape index (κ1) is 26.7. The maximum absolute atomic E-state index is 13.4. The van der Waals surface area contributed by atoms with Crippen LogP contribution < -0.4 is 15.0 Å². The number of benzene rings is 3. The molecule has 0 unspecified atom stereocenters. The number of piperazine rings is 1. The number of nitrogens with zero attached hydrogens (tertiary/aromatic N) is 2. The van der Waals surface area contributed by atoms with Gasteiger partial charge in [-0.3, -0.25) is 4.79 Å². The molecule has 1 heterocycles. The number of nitrogens with one attached hydrogen (secondary N) is 1. The van der Waals surface area contributed by atoms with Gasteiger partial charge in [-0.05, 0) is 87.3 Å². The fraction of sp³-hybridized carbons (Fsp3) is 0.387. The van der Waals surface area contributed by atoms with Crippen LogP contribution in [0.2, 0.25) is 0 Å². The maximum Gasteiger partial charge on any atom is 0.252 e. The second kappa shape index (κ2) is 11.0. The smallest absolute Gasteiger partial charge is 0.252 e. The van der Waals surface area contributed by atoms with E-state index in [4.69, 9.17) is 4.74 Å². The summed E-state index contributed by atoms with van der Waals surface area (Å²) in [7, 11) is 3.79. The highest BCUT2D eigenvalue weighted by molar-refractivity contribution is 5.97. The number of methoxy groups -OCH3 is 1. The number of hydrogen-bond acceptors (Lipinski definition) is 5. The number of likely N-dealkylation sites (N-methyl/N-ethyl adjacent to an activating group) is 1. The highest BCUT2D eigenvalue weighted by atomic mass is 16.5. The van der Waals surface area contributed by atoms with Crippen LogP contribution in [0.3, 0.4) is 0 Å². The average molecular weight is 502 g/mol. The lowest BCUT2D eigenvalue weighted by Gasteiger charge is -2.34. The van der Waals surface area contributed by atoms with Gasteiger partial charge in [0.15, 0.2) is 0 Å². The minimum Gasteiger partial charge on any atom is -0.496 e. The van der Waals surface area contributed by atoms with Crippen molar-refractivity contribution in [3.63, 3.8) is 0 Å². The minimum absolute atomic E-state index is 0.0811. The lowest BCUT2D eigenvalue weighted by Crippen LogP contribution is -2.44. The Labute approximate surface area is 220 Å². The van der Waals surface area contributed by atoms with Crippen molar-refractivity contribution < 1.29 is 14.6 Å². The molecular weight excluding hydrogens is 462 g/mol. The molecule has 1 aliphatic heterocycles.